The third-order valence-corrected chi connectivity index (χ3v) is 3.93. The first-order valence-electron chi connectivity index (χ1n) is 7.27. The zero-order valence-electron chi connectivity index (χ0n) is 12.7. The molecule has 1 fully saturated rings. The summed E-state index contributed by atoms with van der Waals surface area (Å²) in [6, 6.07) is 0.628. The fourth-order valence-electron chi connectivity index (χ4n) is 2.86. The van der Waals surface area contributed by atoms with Crippen LogP contribution in [-0.4, -0.2) is 34.6 Å². The van der Waals surface area contributed by atoms with Crippen molar-refractivity contribution in [2.45, 2.75) is 52.1 Å². The lowest BCUT2D eigenvalue weighted by atomic mass is 10.0. The Morgan fingerprint density at radius 2 is 2.14 bits per heavy atom. The lowest BCUT2D eigenvalue weighted by Gasteiger charge is -2.33. The number of carboxylic acid groups (broad SMARTS) is 1. The second-order valence-corrected chi connectivity index (χ2v) is 5.58. The second-order valence-electron chi connectivity index (χ2n) is 5.58. The van der Waals surface area contributed by atoms with E-state index in [2.05, 4.69) is 5.32 Å². The molecule has 21 heavy (non-hydrogen) atoms. The molecule has 2 rings (SSSR count). The highest BCUT2D eigenvalue weighted by Gasteiger charge is 2.32. The first kappa shape index (κ1) is 15.4. The van der Waals surface area contributed by atoms with Gasteiger partial charge in [-0.15, -0.1) is 0 Å². The molecule has 1 aliphatic heterocycles. The van der Waals surface area contributed by atoms with Crippen molar-refractivity contribution in [1.82, 2.24) is 10.2 Å². The summed E-state index contributed by atoms with van der Waals surface area (Å²) >= 11 is 0. The molecule has 2 N–H and O–H groups in total. The van der Waals surface area contributed by atoms with Crippen LogP contribution < -0.4 is 5.32 Å². The van der Waals surface area contributed by atoms with Crippen molar-refractivity contribution in [2.75, 3.05) is 6.54 Å². The van der Waals surface area contributed by atoms with Gasteiger partial charge in [-0.2, -0.15) is 0 Å². The Balaban J connectivity index is 2.06. The lowest BCUT2D eigenvalue weighted by molar-refractivity contribution is -0.143. The lowest BCUT2D eigenvalue weighted by Crippen LogP contribution is -2.52. The normalized spacial score (nSPS) is 20.1. The van der Waals surface area contributed by atoms with E-state index in [1.54, 1.807) is 0 Å². The van der Waals surface area contributed by atoms with E-state index in [1.807, 2.05) is 26.8 Å². The van der Waals surface area contributed by atoms with Crippen molar-refractivity contribution in [3.8, 4) is 0 Å². The Hall–Kier alpha value is -1.98. The molecule has 1 saturated heterocycles. The molecule has 2 heterocycles. The Morgan fingerprint density at radius 1 is 1.43 bits per heavy atom. The van der Waals surface area contributed by atoms with Gasteiger partial charge in [0.2, 0.25) is 0 Å². The third-order valence-electron chi connectivity index (χ3n) is 3.93. The van der Waals surface area contributed by atoms with Gasteiger partial charge >= 0.3 is 12.0 Å². The van der Waals surface area contributed by atoms with Gasteiger partial charge in [0, 0.05) is 12.1 Å². The minimum atomic E-state index is -0.937. The van der Waals surface area contributed by atoms with E-state index in [4.69, 9.17) is 4.42 Å². The van der Waals surface area contributed by atoms with Gasteiger partial charge in [0.25, 0.3) is 0 Å². The van der Waals surface area contributed by atoms with Crippen LogP contribution in [0, 0.1) is 13.8 Å². The number of hydrogen-bond donors (Lipinski definition) is 2. The van der Waals surface area contributed by atoms with Crippen LogP contribution in [0.4, 0.5) is 4.79 Å². The summed E-state index contributed by atoms with van der Waals surface area (Å²) in [7, 11) is 0. The summed E-state index contributed by atoms with van der Waals surface area (Å²) in [6.07, 6.45) is 2.20. The maximum Gasteiger partial charge on any atom is 0.326 e. The van der Waals surface area contributed by atoms with E-state index < -0.39 is 12.0 Å². The molecule has 0 spiro atoms. The molecule has 1 aromatic heterocycles. The van der Waals surface area contributed by atoms with Crippen LogP contribution in [0.25, 0.3) is 0 Å². The average molecular weight is 294 g/mol. The molecule has 0 saturated carbocycles. The van der Waals surface area contributed by atoms with Crippen LogP contribution in [0.3, 0.4) is 0 Å². The monoisotopic (exact) mass is 294 g/mol. The van der Waals surface area contributed by atoms with Crippen LogP contribution in [0.5, 0.6) is 0 Å². The number of carboxylic acids is 1. The Morgan fingerprint density at radius 3 is 2.71 bits per heavy atom. The number of rotatable bonds is 3. The fraction of sp³-hybridized carbons (Fsp3) is 0.600. The van der Waals surface area contributed by atoms with Crippen molar-refractivity contribution >= 4 is 12.0 Å². The summed E-state index contributed by atoms with van der Waals surface area (Å²) < 4.78 is 5.46. The van der Waals surface area contributed by atoms with Crippen molar-refractivity contribution in [2.24, 2.45) is 0 Å². The molecule has 2 unspecified atom stereocenters. The van der Waals surface area contributed by atoms with Crippen molar-refractivity contribution in [1.29, 1.82) is 0 Å². The molecule has 2 atom stereocenters. The van der Waals surface area contributed by atoms with Gasteiger partial charge in [-0.25, -0.2) is 9.59 Å². The zero-order valence-corrected chi connectivity index (χ0v) is 12.7. The molecule has 0 bridgehead atoms. The zero-order chi connectivity index (χ0) is 15.6. The van der Waals surface area contributed by atoms with Crippen molar-refractivity contribution in [3.05, 3.63) is 23.2 Å². The molecular weight excluding hydrogens is 272 g/mol. The number of aliphatic carboxylic acids is 1. The summed E-state index contributed by atoms with van der Waals surface area (Å²) in [4.78, 5) is 25.0. The van der Waals surface area contributed by atoms with E-state index in [0.717, 1.165) is 29.9 Å². The largest absolute Gasteiger partial charge is 0.480 e. The van der Waals surface area contributed by atoms with Gasteiger partial charge in [0.15, 0.2) is 0 Å². The number of urea groups is 1. The number of nitrogens with zero attached hydrogens (tertiary/aromatic N) is 1. The summed E-state index contributed by atoms with van der Waals surface area (Å²) in [5, 5.41) is 12.1. The van der Waals surface area contributed by atoms with Crippen LogP contribution in [0.15, 0.2) is 10.5 Å². The number of carbonyl (C=O) groups is 2. The molecule has 0 radical (unpaired) electrons. The number of likely N-dealkylation sites (tertiary alicyclic amines) is 1. The quantitative estimate of drug-likeness (QED) is 0.897. The highest BCUT2D eigenvalue weighted by atomic mass is 16.4. The number of hydrogen-bond acceptors (Lipinski definition) is 3. The number of nitrogens with one attached hydrogen (secondary N) is 1. The molecule has 1 aliphatic rings. The molecule has 6 nitrogen and oxygen atoms in total. The van der Waals surface area contributed by atoms with Gasteiger partial charge in [0.05, 0.1) is 6.04 Å². The van der Waals surface area contributed by atoms with Gasteiger partial charge in [-0.1, -0.05) is 0 Å². The maximum atomic E-state index is 12.3. The standard InChI is InChI=1S/C15H22N2O4/c1-9-8-12(11(3)21-9)10(2)16-15(20)17-7-5-4-6-13(17)14(18)19/h8,10,13H,4-7H2,1-3H3,(H,16,20)(H,18,19). The minimum absolute atomic E-state index is 0.216. The highest BCUT2D eigenvalue weighted by molar-refractivity contribution is 5.83. The molecule has 1 aromatic rings. The number of piperidine rings is 1. The molecule has 0 aliphatic carbocycles. The van der Waals surface area contributed by atoms with Crippen molar-refractivity contribution in [3.63, 3.8) is 0 Å². The smallest absolute Gasteiger partial charge is 0.326 e. The molecule has 0 aromatic carbocycles. The third kappa shape index (κ3) is 3.37. The van der Waals surface area contributed by atoms with Crippen molar-refractivity contribution < 1.29 is 19.1 Å². The van der Waals surface area contributed by atoms with Crippen LogP contribution >= 0.6 is 0 Å². The van der Waals surface area contributed by atoms with Gasteiger partial charge in [-0.05, 0) is 46.1 Å². The molecule has 6 heteroatoms. The first-order valence-corrected chi connectivity index (χ1v) is 7.27. The Labute approximate surface area is 124 Å². The number of carbonyl (C=O) groups excluding carboxylic acids is 1. The number of furan rings is 1. The molecule has 116 valence electrons. The maximum absolute atomic E-state index is 12.3. The topological polar surface area (TPSA) is 82.8 Å². The van der Waals surface area contributed by atoms with E-state index in [9.17, 15) is 14.7 Å². The number of aryl methyl sites for hydroxylation is 2. The van der Waals surface area contributed by atoms with E-state index in [0.29, 0.717) is 13.0 Å². The minimum Gasteiger partial charge on any atom is -0.480 e. The molecular formula is C15H22N2O4. The Bertz CT molecular complexity index is 538. The Kier molecular flexibility index (Phi) is 4.55. The van der Waals surface area contributed by atoms with Crippen LogP contribution in [0.1, 0.15) is 49.3 Å². The fourth-order valence-corrected chi connectivity index (χ4v) is 2.86. The number of amides is 2. The van der Waals surface area contributed by atoms with E-state index in [1.165, 1.54) is 4.90 Å². The predicted octanol–water partition coefficient (Wildman–Crippen LogP) is 2.61. The summed E-state index contributed by atoms with van der Waals surface area (Å²) in [6.45, 7) is 6.07. The van der Waals surface area contributed by atoms with E-state index >= 15 is 0 Å². The predicted molar refractivity (Wildman–Crippen MR) is 77.1 cm³/mol. The summed E-state index contributed by atoms with van der Waals surface area (Å²) in [5.41, 5.74) is 0.921. The van der Waals surface area contributed by atoms with Gasteiger partial charge in [0.1, 0.15) is 17.6 Å². The average Bonchev–Trinajstić information content (AvgIpc) is 2.77. The SMILES string of the molecule is Cc1cc(C(C)NC(=O)N2CCCCC2C(=O)O)c(C)o1. The molecule has 2 amide bonds. The van der Waals surface area contributed by atoms with Gasteiger partial charge < -0.3 is 19.7 Å². The first-order chi connectivity index (χ1) is 9.90. The summed E-state index contributed by atoms with van der Waals surface area (Å²) in [5.74, 6) is 0.631. The van der Waals surface area contributed by atoms with Crippen LogP contribution in [0.2, 0.25) is 0 Å². The van der Waals surface area contributed by atoms with Crippen LogP contribution in [-0.2, 0) is 4.79 Å². The van der Waals surface area contributed by atoms with Gasteiger partial charge in [-0.3, -0.25) is 0 Å². The highest BCUT2D eigenvalue weighted by Crippen LogP contribution is 2.23. The second kappa shape index (κ2) is 6.20. The van der Waals surface area contributed by atoms with E-state index in [-0.39, 0.29) is 12.1 Å².